The molecule has 0 unspecified atom stereocenters. The molecule has 4 rings (SSSR count). The van der Waals surface area contributed by atoms with E-state index < -0.39 is 15.7 Å². The standard InChI is InChI=1S/C27H28FN3O2S/c1-30(2)26-16-21-10-12-31(3)13-11-22(21)17-27(26)34(32,33)24-8-5-19(6-9-24)14-20-4-7-23(18-29)25(28)15-20/h4-9,15-17H,10-14H2,1-3H3. The van der Waals surface area contributed by atoms with Crippen molar-refractivity contribution in [2.45, 2.75) is 29.1 Å². The minimum absolute atomic E-state index is 0.00860. The van der Waals surface area contributed by atoms with Crippen molar-refractivity contribution in [1.82, 2.24) is 4.90 Å². The molecule has 1 heterocycles. The molecule has 7 heteroatoms. The van der Waals surface area contributed by atoms with Crippen LogP contribution in [0.25, 0.3) is 0 Å². The monoisotopic (exact) mass is 477 g/mol. The molecule has 3 aromatic rings. The molecule has 176 valence electrons. The zero-order valence-electron chi connectivity index (χ0n) is 19.7. The fourth-order valence-electron chi connectivity index (χ4n) is 4.33. The van der Waals surface area contributed by atoms with Crippen molar-refractivity contribution in [1.29, 1.82) is 5.26 Å². The van der Waals surface area contributed by atoms with E-state index in [0.29, 0.717) is 17.0 Å². The molecule has 3 aromatic carbocycles. The average molecular weight is 478 g/mol. The molecule has 0 N–H and O–H groups in total. The van der Waals surface area contributed by atoms with Crippen LogP contribution in [0.3, 0.4) is 0 Å². The summed E-state index contributed by atoms with van der Waals surface area (Å²) < 4.78 is 41.2. The van der Waals surface area contributed by atoms with Gasteiger partial charge < -0.3 is 9.80 Å². The number of anilines is 1. The number of likely N-dealkylation sites (N-methyl/N-ethyl adjacent to an activating group) is 1. The largest absolute Gasteiger partial charge is 0.377 e. The zero-order valence-corrected chi connectivity index (χ0v) is 20.5. The van der Waals surface area contributed by atoms with Crippen LogP contribution in [0.1, 0.15) is 27.8 Å². The molecular formula is C27H28FN3O2S. The highest BCUT2D eigenvalue weighted by Gasteiger charge is 2.25. The van der Waals surface area contributed by atoms with Crippen LogP contribution in [0.15, 0.2) is 64.4 Å². The lowest BCUT2D eigenvalue weighted by Crippen LogP contribution is -2.20. The summed E-state index contributed by atoms with van der Waals surface area (Å²) in [6.07, 6.45) is 2.16. The van der Waals surface area contributed by atoms with Gasteiger partial charge in [0, 0.05) is 27.2 Å². The summed E-state index contributed by atoms with van der Waals surface area (Å²) >= 11 is 0. The highest BCUT2D eigenvalue weighted by atomic mass is 32.2. The predicted molar refractivity (Wildman–Crippen MR) is 131 cm³/mol. The van der Waals surface area contributed by atoms with Crippen molar-refractivity contribution in [3.63, 3.8) is 0 Å². The number of nitrogens with zero attached hydrogens (tertiary/aromatic N) is 3. The van der Waals surface area contributed by atoms with E-state index in [4.69, 9.17) is 5.26 Å². The molecule has 0 bridgehead atoms. The molecule has 0 amide bonds. The Kier molecular flexibility index (Phi) is 6.74. The molecule has 5 nitrogen and oxygen atoms in total. The molecule has 34 heavy (non-hydrogen) atoms. The van der Waals surface area contributed by atoms with Crippen molar-refractivity contribution in [2.24, 2.45) is 0 Å². The maximum Gasteiger partial charge on any atom is 0.208 e. The number of fused-ring (bicyclic) bond motifs is 1. The smallest absolute Gasteiger partial charge is 0.208 e. The van der Waals surface area contributed by atoms with Crippen LogP contribution >= 0.6 is 0 Å². The first-order valence-electron chi connectivity index (χ1n) is 11.2. The predicted octanol–water partition coefficient (Wildman–Crippen LogP) is 4.22. The van der Waals surface area contributed by atoms with Crippen LogP contribution in [0.4, 0.5) is 10.1 Å². The van der Waals surface area contributed by atoms with Gasteiger partial charge in [0.15, 0.2) is 0 Å². The van der Waals surface area contributed by atoms with Crippen LogP contribution in [0.5, 0.6) is 0 Å². The molecule has 1 aliphatic heterocycles. The summed E-state index contributed by atoms with van der Waals surface area (Å²) in [6.45, 7) is 1.86. The van der Waals surface area contributed by atoms with E-state index in [1.165, 1.54) is 17.7 Å². The van der Waals surface area contributed by atoms with Crippen LogP contribution in [0.2, 0.25) is 0 Å². The van der Waals surface area contributed by atoms with E-state index in [1.807, 2.05) is 37.2 Å². The van der Waals surface area contributed by atoms with Gasteiger partial charge in [0.25, 0.3) is 0 Å². The van der Waals surface area contributed by atoms with E-state index in [-0.39, 0.29) is 10.5 Å². The van der Waals surface area contributed by atoms with E-state index in [0.717, 1.165) is 42.6 Å². The molecule has 0 saturated carbocycles. The van der Waals surface area contributed by atoms with Crippen molar-refractivity contribution < 1.29 is 12.8 Å². The highest BCUT2D eigenvalue weighted by Crippen LogP contribution is 2.34. The Hall–Kier alpha value is -3.21. The lowest BCUT2D eigenvalue weighted by molar-refractivity contribution is 0.352. The second kappa shape index (κ2) is 9.57. The van der Waals surface area contributed by atoms with Gasteiger partial charge in [-0.2, -0.15) is 5.26 Å². The van der Waals surface area contributed by atoms with Crippen LogP contribution in [-0.4, -0.2) is 47.6 Å². The van der Waals surface area contributed by atoms with Crippen molar-refractivity contribution in [3.8, 4) is 6.07 Å². The first-order chi connectivity index (χ1) is 16.2. The Morgan fingerprint density at radius 1 is 0.971 bits per heavy atom. The van der Waals surface area contributed by atoms with Gasteiger partial charge in [0.2, 0.25) is 9.84 Å². The first kappa shape index (κ1) is 23.9. The van der Waals surface area contributed by atoms with Gasteiger partial charge >= 0.3 is 0 Å². The fourth-order valence-corrected chi connectivity index (χ4v) is 5.89. The first-order valence-corrected chi connectivity index (χ1v) is 12.7. The quantitative estimate of drug-likeness (QED) is 0.551. The summed E-state index contributed by atoms with van der Waals surface area (Å²) in [5, 5.41) is 8.89. The van der Waals surface area contributed by atoms with Gasteiger partial charge in [-0.05, 0) is 85.0 Å². The maximum atomic E-state index is 13.9. The van der Waals surface area contributed by atoms with Crippen LogP contribution < -0.4 is 4.90 Å². The number of nitriles is 1. The number of halogens is 1. The third kappa shape index (κ3) is 4.84. The molecule has 1 aliphatic rings. The van der Waals surface area contributed by atoms with Gasteiger partial charge in [-0.3, -0.25) is 0 Å². The second-order valence-corrected chi connectivity index (χ2v) is 11.0. The second-order valence-electron chi connectivity index (χ2n) is 9.04. The third-order valence-electron chi connectivity index (χ3n) is 6.37. The molecule has 0 aromatic heterocycles. The summed E-state index contributed by atoms with van der Waals surface area (Å²) in [7, 11) is 2.09. The Balaban J connectivity index is 1.66. The average Bonchev–Trinajstić information content (AvgIpc) is 3.00. The van der Waals surface area contributed by atoms with Crippen molar-refractivity contribution in [2.75, 3.05) is 39.1 Å². The Morgan fingerprint density at radius 2 is 1.59 bits per heavy atom. The number of sulfone groups is 1. The number of hydrogen-bond donors (Lipinski definition) is 0. The fraction of sp³-hybridized carbons (Fsp3) is 0.296. The summed E-state index contributed by atoms with van der Waals surface area (Å²) in [6, 6.07) is 17.0. The lowest BCUT2D eigenvalue weighted by atomic mass is 10.0. The number of rotatable bonds is 5. The molecule has 0 atom stereocenters. The van der Waals surface area contributed by atoms with Gasteiger partial charge in [-0.25, -0.2) is 12.8 Å². The molecular weight excluding hydrogens is 449 g/mol. The minimum Gasteiger partial charge on any atom is -0.377 e. The van der Waals surface area contributed by atoms with Gasteiger partial charge in [0.1, 0.15) is 11.9 Å². The Morgan fingerprint density at radius 3 is 2.18 bits per heavy atom. The normalized spacial score (nSPS) is 14.2. The summed E-state index contributed by atoms with van der Waals surface area (Å²) in [4.78, 5) is 4.68. The van der Waals surface area contributed by atoms with E-state index in [9.17, 15) is 12.8 Å². The molecule has 0 spiro atoms. The van der Waals surface area contributed by atoms with Crippen molar-refractivity contribution >= 4 is 15.5 Å². The van der Waals surface area contributed by atoms with E-state index >= 15 is 0 Å². The van der Waals surface area contributed by atoms with Gasteiger partial charge in [-0.1, -0.05) is 18.2 Å². The number of benzene rings is 3. The molecule has 0 fully saturated rings. The number of hydrogen-bond acceptors (Lipinski definition) is 5. The molecule has 0 radical (unpaired) electrons. The molecule has 0 aliphatic carbocycles. The Labute approximate surface area is 201 Å². The minimum atomic E-state index is -3.73. The van der Waals surface area contributed by atoms with E-state index in [2.05, 4.69) is 11.9 Å². The van der Waals surface area contributed by atoms with Gasteiger partial charge in [0.05, 0.1) is 21.0 Å². The highest BCUT2D eigenvalue weighted by molar-refractivity contribution is 7.91. The third-order valence-corrected chi connectivity index (χ3v) is 8.17. The van der Waals surface area contributed by atoms with Gasteiger partial charge in [-0.15, -0.1) is 0 Å². The van der Waals surface area contributed by atoms with E-state index in [1.54, 1.807) is 30.3 Å². The topological polar surface area (TPSA) is 64.4 Å². The zero-order chi connectivity index (χ0) is 24.5. The summed E-state index contributed by atoms with van der Waals surface area (Å²) in [5.74, 6) is -0.551. The molecule has 0 saturated heterocycles. The summed E-state index contributed by atoms with van der Waals surface area (Å²) in [5.41, 5.74) is 4.58. The van der Waals surface area contributed by atoms with Crippen LogP contribution in [0, 0.1) is 17.1 Å². The van der Waals surface area contributed by atoms with Crippen molar-refractivity contribution in [3.05, 3.63) is 88.2 Å². The lowest BCUT2D eigenvalue weighted by Gasteiger charge is -2.21. The maximum absolute atomic E-state index is 13.9. The Bertz CT molecular complexity index is 1360. The SMILES string of the molecule is CN1CCc2cc(N(C)C)c(S(=O)(=O)c3ccc(Cc4ccc(C#N)c(F)c4)cc3)cc2CC1. The van der Waals surface area contributed by atoms with Crippen LogP contribution in [-0.2, 0) is 29.1 Å².